The number of aromatic nitrogens is 1. The summed E-state index contributed by atoms with van der Waals surface area (Å²) in [4.78, 5) is 8.13. The fraction of sp³-hybridized carbons (Fsp3) is 0.0800. The van der Waals surface area contributed by atoms with E-state index in [9.17, 15) is 0 Å². The highest BCUT2D eigenvalue weighted by atomic mass is 14.7. The first-order chi connectivity index (χ1) is 13.4. The molecule has 0 bridgehead atoms. The van der Waals surface area contributed by atoms with Gasteiger partial charge < -0.3 is 4.98 Å². The van der Waals surface area contributed by atoms with Gasteiger partial charge in [0.25, 0.3) is 0 Å². The highest BCUT2D eigenvalue weighted by molar-refractivity contribution is 6.13. The van der Waals surface area contributed by atoms with Crippen molar-refractivity contribution in [2.75, 3.05) is 6.54 Å². The van der Waals surface area contributed by atoms with Gasteiger partial charge in [0.05, 0.1) is 0 Å². The topological polar surface area (TPSA) is 28.1 Å². The van der Waals surface area contributed by atoms with Gasteiger partial charge in [-0.15, -0.1) is 0 Å². The Labute approximate surface area is 158 Å². The third-order valence-electron chi connectivity index (χ3n) is 5.22. The maximum absolute atomic E-state index is 4.78. The van der Waals surface area contributed by atoms with Crippen LogP contribution in [-0.2, 0) is 6.42 Å². The van der Waals surface area contributed by atoms with E-state index in [4.69, 9.17) is 4.99 Å². The van der Waals surface area contributed by atoms with Crippen LogP contribution in [0.3, 0.4) is 0 Å². The minimum atomic E-state index is 0.777. The standard InChI is InChI=1S/C25H20N2/c1-3-9-21-18(7-1)15-19-8-2-4-10-22(19)24(21)17-26-14-13-20-16-27-25-12-6-5-11-23(20)25/h1-12,15-17,27H,13-14H2. The predicted molar refractivity (Wildman–Crippen MR) is 116 cm³/mol. The van der Waals surface area contributed by atoms with Gasteiger partial charge in [0.15, 0.2) is 0 Å². The number of H-pyrrole nitrogens is 1. The summed E-state index contributed by atoms with van der Waals surface area (Å²) >= 11 is 0. The van der Waals surface area contributed by atoms with Crippen LogP contribution in [-0.4, -0.2) is 17.7 Å². The SMILES string of the molecule is C(=NCCc1c[nH]c2ccccc12)c1c2ccccc2cc2ccccc12. The van der Waals surface area contributed by atoms with E-state index < -0.39 is 0 Å². The Morgan fingerprint density at radius 1 is 0.741 bits per heavy atom. The molecule has 0 aliphatic rings. The lowest BCUT2D eigenvalue weighted by Crippen LogP contribution is -1.92. The summed E-state index contributed by atoms with van der Waals surface area (Å²) in [5.74, 6) is 0. The Hall–Kier alpha value is -3.39. The number of hydrogen-bond donors (Lipinski definition) is 1. The third-order valence-corrected chi connectivity index (χ3v) is 5.22. The van der Waals surface area contributed by atoms with Crippen molar-refractivity contribution in [1.82, 2.24) is 4.98 Å². The molecule has 0 fully saturated rings. The van der Waals surface area contributed by atoms with E-state index in [1.165, 1.54) is 43.6 Å². The fourth-order valence-corrected chi connectivity index (χ4v) is 3.87. The quantitative estimate of drug-likeness (QED) is 0.299. The van der Waals surface area contributed by atoms with E-state index >= 15 is 0 Å². The summed E-state index contributed by atoms with van der Waals surface area (Å²) in [6.45, 7) is 0.777. The van der Waals surface area contributed by atoms with Crippen molar-refractivity contribution >= 4 is 38.7 Å². The average molecular weight is 348 g/mol. The monoisotopic (exact) mass is 348 g/mol. The van der Waals surface area contributed by atoms with E-state index in [0.717, 1.165) is 13.0 Å². The van der Waals surface area contributed by atoms with Gasteiger partial charge in [-0.3, -0.25) is 4.99 Å². The van der Waals surface area contributed by atoms with Crippen molar-refractivity contribution in [2.45, 2.75) is 6.42 Å². The molecular formula is C25H20N2. The van der Waals surface area contributed by atoms with Gasteiger partial charge in [0.2, 0.25) is 0 Å². The number of nitrogens with zero attached hydrogens (tertiary/aromatic N) is 1. The van der Waals surface area contributed by atoms with Crippen LogP contribution in [0.2, 0.25) is 0 Å². The molecule has 1 aromatic heterocycles. The van der Waals surface area contributed by atoms with E-state index in [0.29, 0.717) is 0 Å². The number of rotatable bonds is 4. The van der Waals surface area contributed by atoms with Crippen molar-refractivity contribution in [3.63, 3.8) is 0 Å². The summed E-state index contributed by atoms with van der Waals surface area (Å²) in [6, 6.07) is 27.8. The van der Waals surface area contributed by atoms with Crippen LogP contribution >= 0.6 is 0 Å². The molecule has 0 radical (unpaired) electrons. The van der Waals surface area contributed by atoms with Crippen LogP contribution in [0.5, 0.6) is 0 Å². The Morgan fingerprint density at radius 3 is 2.11 bits per heavy atom. The lowest BCUT2D eigenvalue weighted by molar-refractivity contribution is 0.981. The zero-order chi connectivity index (χ0) is 18.1. The lowest BCUT2D eigenvalue weighted by atomic mass is 9.97. The molecular weight excluding hydrogens is 328 g/mol. The van der Waals surface area contributed by atoms with Crippen LogP contribution in [0.15, 0.2) is 90.1 Å². The Morgan fingerprint density at radius 2 is 1.37 bits per heavy atom. The van der Waals surface area contributed by atoms with Crippen LogP contribution in [0.25, 0.3) is 32.4 Å². The maximum atomic E-state index is 4.78. The molecule has 130 valence electrons. The van der Waals surface area contributed by atoms with Crippen LogP contribution in [0.1, 0.15) is 11.1 Å². The number of hydrogen-bond acceptors (Lipinski definition) is 1. The van der Waals surface area contributed by atoms with Gasteiger partial charge in [0, 0.05) is 35.4 Å². The first-order valence-electron chi connectivity index (χ1n) is 9.35. The number of benzene rings is 4. The molecule has 1 heterocycles. The van der Waals surface area contributed by atoms with Crippen LogP contribution < -0.4 is 0 Å². The lowest BCUT2D eigenvalue weighted by Gasteiger charge is -2.07. The molecule has 27 heavy (non-hydrogen) atoms. The summed E-state index contributed by atoms with van der Waals surface area (Å²) in [5.41, 5.74) is 3.73. The van der Waals surface area contributed by atoms with Gasteiger partial charge in [-0.2, -0.15) is 0 Å². The average Bonchev–Trinajstić information content (AvgIpc) is 3.13. The second kappa shape index (κ2) is 6.73. The number of para-hydroxylation sites is 1. The highest BCUT2D eigenvalue weighted by Crippen LogP contribution is 2.27. The molecule has 2 heteroatoms. The molecule has 0 saturated heterocycles. The minimum Gasteiger partial charge on any atom is -0.361 e. The molecule has 1 N–H and O–H groups in total. The zero-order valence-corrected chi connectivity index (χ0v) is 15.0. The van der Waals surface area contributed by atoms with Gasteiger partial charge in [-0.25, -0.2) is 0 Å². The largest absolute Gasteiger partial charge is 0.361 e. The molecule has 4 aromatic carbocycles. The second-order valence-electron chi connectivity index (χ2n) is 6.88. The first-order valence-corrected chi connectivity index (χ1v) is 9.35. The van der Waals surface area contributed by atoms with Crippen molar-refractivity contribution in [1.29, 1.82) is 0 Å². The molecule has 5 aromatic rings. The summed E-state index contributed by atoms with van der Waals surface area (Å²) in [5, 5.41) is 6.32. The van der Waals surface area contributed by atoms with Gasteiger partial charge in [0.1, 0.15) is 0 Å². The van der Waals surface area contributed by atoms with E-state index in [1.807, 2.05) is 0 Å². The molecule has 0 spiro atoms. The Bertz CT molecular complexity index is 1220. The predicted octanol–water partition coefficient (Wildman–Crippen LogP) is 6.14. The molecule has 0 saturated carbocycles. The van der Waals surface area contributed by atoms with Crippen LogP contribution in [0, 0.1) is 0 Å². The van der Waals surface area contributed by atoms with E-state index in [-0.39, 0.29) is 0 Å². The first kappa shape index (κ1) is 15.8. The highest BCUT2D eigenvalue weighted by Gasteiger charge is 2.05. The number of aliphatic imine (C=N–C) groups is 1. The van der Waals surface area contributed by atoms with Gasteiger partial charge >= 0.3 is 0 Å². The zero-order valence-electron chi connectivity index (χ0n) is 15.0. The van der Waals surface area contributed by atoms with E-state index in [2.05, 4.69) is 96.3 Å². The number of nitrogens with one attached hydrogen (secondary N) is 1. The maximum Gasteiger partial charge on any atom is 0.0456 e. The van der Waals surface area contributed by atoms with Crippen molar-refractivity contribution in [3.05, 3.63) is 96.2 Å². The molecule has 0 aliphatic heterocycles. The van der Waals surface area contributed by atoms with Crippen LogP contribution in [0.4, 0.5) is 0 Å². The van der Waals surface area contributed by atoms with Crippen molar-refractivity contribution < 1.29 is 0 Å². The smallest absolute Gasteiger partial charge is 0.0456 e. The molecule has 2 nitrogen and oxygen atoms in total. The fourth-order valence-electron chi connectivity index (χ4n) is 3.87. The summed E-state index contributed by atoms with van der Waals surface area (Å²) < 4.78 is 0. The minimum absolute atomic E-state index is 0.777. The van der Waals surface area contributed by atoms with Gasteiger partial charge in [-0.05, 0) is 45.7 Å². The molecule has 0 atom stereocenters. The number of aromatic amines is 1. The third kappa shape index (κ3) is 2.89. The molecule has 0 unspecified atom stereocenters. The summed E-state index contributed by atoms with van der Waals surface area (Å²) in [6.07, 6.45) is 5.09. The van der Waals surface area contributed by atoms with Gasteiger partial charge in [-0.1, -0.05) is 66.7 Å². The number of fused-ring (bicyclic) bond motifs is 3. The van der Waals surface area contributed by atoms with Crippen molar-refractivity contribution in [2.24, 2.45) is 4.99 Å². The molecule has 0 amide bonds. The molecule has 5 rings (SSSR count). The second-order valence-corrected chi connectivity index (χ2v) is 6.88. The summed E-state index contributed by atoms with van der Waals surface area (Å²) in [7, 11) is 0. The van der Waals surface area contributed by atoms with E-state index in [1.54, 1.807) is 0 Å². The normalized spacial score (nSPS) is 11.9. The molecule has 0 aliphatic carbocycles. The Kier molecular flexibility index (Phi) is 3.95. The Balaban J connectivity index is 1.48. The van der Waals surface area contributed by atoms with Crippen molar-refractivity contribution in [3.8, 4) is 0 Å².